The highest BCUT2D eigenvalue weighted by atomic mass is 16.2. The molecule has 0 aliphatic carbocycles. The van der Waals surface area contributed by atoms with Gasteiger partial charge in [0.1, 0.15) is 0 Å². The third kappa shape index (κ3) is 0.664. The molecule has 0 unspecified atom stereocenters. The van der Waals surface area contributed by atoms with Gasteiger partial charge in [-0.1, -0.05) is 0 Å². The van der Waals surface area contributed by atoms with Crippen LogP contribution in [-0.2, 0) is 0 Å². The lowest BCUT2D eigenvalue weighted by atomic mass is 10.1. The van der Waals surface area contributed by atoms with Crippen LogP contribution in [0.3, 0.4) is 0 Å². The molecule has 0 fully saturated rings. The van der Waals surface area contributed by atoms with E-state index in [0.717, 1.165) is 11.4 Å². The number of nitrogens with one attached hydrogen (secondary N) is 2. The van der Waals surface area contributed by atoms with E-state index in [1.807, 2.05) is 0 Å². The number of rotatable bonds is 0. The van der Waals surface area contributed by atoms with Crippen molar-refractivity contribution < 1.29 is 9.59 Å². The van der Waals surface area contributed by atoms with Gasteiger partial charge in [0.2, 0.25) is 0 Å². The van der Waals surface area contributed by atoms with Crippen molar-refractivity contribution in [2.75, 3.05) is 0 Å². The van der Waals surface area contributed by atoms with E-state index in [-0.39, 0.29) is 11.8 Å². The number of hydrogen-bond donors (Lipinski definition) is 2. The molecule has 0 spiro atoms. The zero-order chi connectivity index (χ0) is 8.88. The Hall–Kier alpha value is -1.58. The number of hydrogen-bond acceptors (Lipinski definition) is 2. The smallest absolute Gasteiger partial charge is 0.260 e. The fraction of sp³-hybridized carbons (Fsp3) is 0.250. The van der Waals surface area contributed by atoms with Crippen molar-refractivity contribution in [1.29, 1.82) is 0 Å². The van der Waals surface area contributed by atoms with E-state index in [1.54, 1.807) is 13.8 Å². The highest BCUT2D eigenvalue weighted by molar-refractivity contribution is 6.22. The molecule has 0 radical (unpaired) electrons. The summed E-state index contributed by atoms with van der Waals surface area (Å²) in [6.45, 7) is 3.56. The standard InChI is InChI=1S/C8H8N2O2/c1-3-5-6(4(2)9-3)8(12)10-7(5)11/h9H,1-2H3,(H,10,11,12). The molecule has 1 aromatic heterocycles. The molecule has 2 heterocycles. The molecule has 0 atom stereocenters. The van der Waals surface area contributed by atoms with E-state index in [2.05, 4.69) is 10.3 Å². The Labute approximate surface area is 69.0 Å². The molecule has 2 N–H and O–H groups in total. The predicted molar refractivity (Wildman–Crippen MR) is 42.1 cm³/mol. The first-order chi connectivity index (χ1) is 5.61. The van der Waals surface area contributed by atoms with Gasteiger partial charge in [0, 0.05) is 11.4 Å². The second-order valence-corrected chi connectivity index (χ2v) is 2.91. The lowest BCUT2D eigenvalue weighted by Crippen LogP contribution is -2.21. The summed E-state index contributed by atoms with van der Waals surface area (Å²) < 4.78 is 0. The summed E-state index contributed by atoms with van der Waals surface area (Å²) in [6, 6.07) is 0. The summed E-state index contributed by atoms with van der Waals surface area (Å²) in [7, 11) is 0. The first-order valence-electron chi connectivity index (χ1n) is 3.66. The molecule has 12 heavy (non-hydrogen) atoms. The van der Waals surface area contributed by atoms with Gasteiger partial charge in [0.25, 0.3) is 11.8 Å². The Bertz CT molecular complexity index is 356. The number of carbonyl (C=O) groups is 2. The third-order valence-electron chi connectivity index (χ3n) is 2.06. The van der Waals surface area contributed by atoms with Crippen LogP contribution in [0.2, 0.25) is 0 Å². The topological polar surface area (TPSA) is 62.0 Å². The Kier molecular flexibility index (Phi) is 1.16. The molecular formula is C8H8N2O2. The van der Waals surface area contributed by atoms with Crippen LogP contribution in [0, 0.1) is 13.8 Å². The van der Waals surface area contributed by atoms with Crippen molar-refractivity contribution in [2.45, 2.75) is 13.8 Å². The minimum Gasteiger partial charge on any atom is -0.361 e. The zero-order valence-corrected chi connectivity index (χ0v) is 6.82. The maximum atomic E-state index is 11.2. The van der Waals surface area contributed by atoms with Gasteiger partial charge >= 0.3 is 0 Å². The van der Waals surface area contributed by atoms with Crippen molar-refractivity contribution in [1.82, 2.24) is 10.3 Å². The van der Waals surface area contributed by atoms with Gasteiger partial charge in [0.15, 0.2) is 0 Å². The first-order valence-corrected chi connectivity index (χ1v) is 3.66. The van der Waals surface area contributed by atoms with Crippen LogP contribution < -0.4 is 5.32 Å². The van der Waals surface area contributed by atoms with Crippen LogP contribution in [-0.4, -0.2) is 16.8 Å². The fourth-order valence-corrected chi connectivity index (χ4v) is 1.58. The number of aryl methyl sites for hydroxylation is 2. The predicted octanol–water partition coefficient (Wildman–Crippen LogP) is 0.515. The van der Waals surface area contributed by atoms with Crippen molar-refractivity contribution >= 4 is 11.8 Å². The molecule has 1 aromatic rings. The van der Waals surface area contributed by atoms with Crippen LogP contribution in [0.5, 0.6) is 0 Å². The van der Waals surface area contributed by atoms with Gasteiger partial charge < -0.3 is 4.98 Å². The zero-order valence-electron chi connectivity index (χ0n) is 6.82. The van der Waals surface area contributed by atoms with E-state index in [1.165, 1.54) is 0 Å². The number of amides is 2. The molecule has 4 heteroatoms. The summed E-state index contributed by atoms with van der Waals surface area (Å²) >= 11 is 0. The van der Waals surface area contributed by atoms with E-state index in [9.17, 15) is 9.59 Å². The van der Waals surface area contributed by atoms with Crippen molar-refractivity contribution in [3.05, 3.63) is 22.5 Å². The molecule has 62 valence electrons. The second-order valence-electron chi connectivity index (χ2n) is 2.91. The normalized spacial score (nSPS) is 14.8. The Morgan fingerprint density at radius 3 is 1.75 bits per heavy atom. The molecule has 1 aliphatic heterocycles. The average Bonchev–Trinajstić information content (AvgIpc) is 2.38. The van der Waals surface area contributed by atoms with E-state index >= 15 is 0 Å². The molecule has 0 saturated carbocycles. The average molecular weight is 164 g/mol. The third-order valence-corrected chi connectivity index (χ3v) is 2.06. The molecule has 4 nitrogen and oxygen atoms in total. The lowest BCUT2D eigenvalue weighted by molar-refractivity contribution is 0.0878. The van der Waals surface area contributed by atoms with Crippen LogP contribution >= 0.6 is 0 Å². The van der Waals surface area contributed by atoms with Crippen LogP contribution in [0.25, 0.3) is 0 Å². The highest BCUT2D eigenvalue weighted by Crippen LogP contribution is 2.22. The molecule has 2 rings (SSSR count). The summed E-state index contributed by atoms with van der Waals surface area (Å²) in [5.74, 6) is -0.589. The minimum atomic E-state index is -0.295. The minimum absolute atomic E-state index is 0.295. The molecule has 2 amide bonds. The monoisotopic (exact) mass is 164 g/mol. The first kappa shape index (κ1) is 7.09. The van der Waals surface area contributed by atoms with Crippen LogP contribution in [0.15, 0.2) is 0 Å². The molecule has 1 aliphatic rings. The van der Waals surface area contributed by atoms with Gasteiger partial charge in [-0.05, 0) is 13.8 Å². The number of aromatic nitrogens is 1. The maximum absolute atomic E-state index is 11.2. The highest BCUT2D eigenvalue weighted by Gasteiger charge is 2.31. The molecule has 0 bridgehead atoms. The number of carbonyl (C=O) groups excluding carboxylic acids is 2. The maximum Gasteiger partial charge on any atom is 0.260 e. The summed E-state index contributed by atoms with van der Waals surface area (Å²) in [5, 5.41) is 2.25. The Balaban J connectivity index is 2.78. The van der Waals surface area contributed by atoms with Gasteiger partial charge in [0.05, 0.1) is 11.1 Å². The quantitative estimate of drug-likeness (QED) is 0.549. The van der Waals surface area contributed by atoms with Gasteiger partial charge in [-0.3, -0.25) is 14.9 Å². The van der Waals surface area contributed by atoms with Crippen LogP contribution in [0.1, 0.15) is 32.1 Å². The van der Waals surface area contributed by atoms with Crippen molar-refractivity contribution in [3.63, 3.8) is 0 Å². The fourth-order valence-electron chi connectivity index (χ4n) is 1.58. The number of fused-ring (bicyclic) bond motifs is 1. The summed E-state index contributed by atoms with van der Waals surface area (Å²) in [4.78, 5) is 25.3. The van der Waals surface area contributed by atoms with E-state index < -0.39 is 0 Å². The lowest BCUT2D eigenvalue weighted by Gasteiger charge is -1.91. The summed E-state index contributed by atoms with van der Waals surface area (Å²) in [5.41, 5.74) is 2.51. The Morgan fingerprint density at radius 1 is 0.917 bits per heavy atom. The van der Waals surface area contributed by atoms with E-state index in [0.29, 0.717) is 11.1 Å². The van der Waals surface area contributed by atoms with E-state index in [4.69, 9.17) is 0 Å². The van der Waals surface area contributed by atoms with Gasteiger partial charge in [-0.25, -0.2) is 0 Å². The largest absolute Gasteiger partial charge is 0.361 e. The SMILES string of the molecule is Cc1[nH]c(C)c2c1C(=O)NC2=O. The van der Waals surface area contributed by atoms with Crippen molar-refractivity contribution in [3.8, 4) is 0 Å². The Morgan fingerprint density at radius 2 is 1.33 bits per heavy atom. The number of aromatic amines is 1. The molecule has 0 saturated heterocycles. The molecular weight excluding hydrogens is 156 g/mol. The summed E-state index contributed by atoms with van der Waals surface area (Å²) in [6.07, 6.45) is 0. The second kappa shape index (κ2) is 1.97. The number of imide groups is 1. The number of H-pyrrole nitrogens is 1. The van der Waals surface area contributed by atoms with Crippen molar-refractivity contribution in [2.24, 2.45) is 0 Å². The van der Waals surface area contributed by atoms with Gasteiger partial charge in [-0.2, -0.15) is 0 Å². The van der Waals surface area contributed by atoms with Crippen LogP contribution in [0.4, 0.5) is 0 Å². The van der Waals surface area contributed by atoms with Gasteiger partial charge in [-0.15, -0.1) is 0 Å². The molecule has 0 aromatic carbocycles.